The topological polar surface area (TPSA) is 167 Å². The molecule has 0 aromatic heterocycles. The Balaban J connectivity index is 1.46. The molecule has 272 valence electrons. The van der Waals surface area contributed by atoms with Crippen molar-refractivity contribution in [1.82, 2.24) is 0 Å². The maximum Gasteiger partial charge on any atom is 0.332 e. The van der Waals surface area contributed by atoms with E-state index in [4.69, 9.17) is 24.7 Å². The van der Waals surface area contributed by atoms with Crippen molar-refractivity contribution in [3.8, 4) is 11.5 Å². The van der Waals surface area contributed by atoms with Gasteiger partial charge in [-0.2, -0.15) is 0 Å². The largest absolute Gasteiger partial charge is 0.479 e. The number of ether oxygens (including phenoxy) is 4. The highest BCUT2D eigenvalue weighted by Gasteiger charge is 2.49. The second-order valence-corrected chi connectivity index (χ2v) is 16.2. The first-order valence-electron chi connectivity index (χ1n) is 17.4. The van der Waals surface area contributed by atoms with Gasteiger partial charge in [-0.1, -0.05) is 18.9 Å². The van der Waals surface area contributed by atoms with E-state index in [-0.39, 0.29) is 30.1 Å². The van der Waals surface area contributed by atoms with Crippen LogP contribution in [0.2, 0.25) is 0 Å². The van der Waals surface area contributed by atoms with Crippen molar-refractivity contribution >= 4 is 40.8 Å². The van der Waals surface area contributed by atoms with Crippen LogP contribution in [0.1, 0.15) is 100.0 Å². The van der Waals surface area contributed by atoms with Crippen molar-refractivity contribution in [2.75, 3.05) is 16.0 Å². The van der Waals surface area contributed by atoms with Crippen molar-refractivity contribution in [3.05, 3.63) is 42.0 Å². The summed E-state index contributed by atoms with van der Waals surface area (Å²) >= 11 is 0. The molecular weight excluding hydrogens is 640 g/mol. The fraction of sp³-hybridized carbons (Fsp3) is 0.579. The molecule has 6 unspecified atom stereocenters. The van der Waals surface area contributed by atoms with Crippen LogP contribution in [-0.2, 0) is 34.2 Å². The average Bonchev–Trinajstić information content (AvgIpc) is 3.00. The summed E-state index contributed by atoms with van der Waals surface area (Å²) in [7, 11) is 0. The number of amides is 2. The third-order valence-corrected chi connectivity index (χ3v) is 9.54. The number of rotatable bonds is 8. The van der Waals surface area contributed by atoms with E-state index in [0.29, 0.717) is 40.5 Å². The Hall–Kier alpha value is -4.32. The summed E-state index contributed by atoms with van der Waals surface area (Å²) in [5.41, 5.74) is 4.90. The van der Waals surface area contributed by atoms with Crippen LogP contribution in [0, 0.1) is 11.8 Å². The normalized spacial score (nSPS) is 24.4. The van der Waals surface area contributed by atoms with Crippen molar-refractivity contribution in [2.24, 2.45) is 17.6 Å². The molecule has 0 radical (unpaired) electrons. The molecule has 0 spiro atoms. The lowest BCUT2D eigenvalue weighted by molar-refractivity contribution is -0.165. The molecule has 2 aromatic rings. The van der Waals surface area contributed by atoms with Gasteiger partial charge in [0.2, 0.25) is 0 Å². The fourth-order valence-corrected chi connectivity index (χ4v) is 6.92. The van der Waals surface area contributed by atoms with Gasteiger partial charge in [-0.3, -0.25) is 9.59 Å². The SMILES string of the molecule is CC1Oc2ccc(NC(C)(C(=O)OC(C)(C)C)C3CCCC(CC(N)(C(=O)OC(C)(C)C)c4ccc5c(c4)NC(=O)C(C)O5)C3)cc2NC1=O. The summed E-state index contributed by atoms with van der Waals surface area (Å²) in [6.07, 6.45) is 1.85. The van der Waals surface area contributed by atoms with Crippen LogP contribution in [0.25, 0.3) is 0 Å². The summed E-state index contributed by atoms with van der Waals surface area (Å²) < 4.78 is 23.4. The highest BCUT2D eigenvalue weighted by atomic mass is 16.6. The number of benzene rings is 2. The van der Waals surface area contributed by atoms with Gasteiger partial charge in [0.1, 0.15) is 33.8 Å². The second-order valence-electron chi connectivity index (χ2n) is 16.2. The lowest BCUT2D eigenvalue weighted by atomic mass is 9.68. The molecule has 1 saturated carbocycles. The van der Waals surface area contributed by atoms with Crippen LogP contribution >= 0.6 is 0 Å². The van der Waals surface area contributed by atoms with Crippen molar-refractivity contribution in [3.63, 3.8) is 0 Å². The van der Waals surface area contributed by atoms with Gasteiger partial charge in [0.25, 0.3) is 11.8 Å². The van der Waals surface area contributed by atoms with Crippen molar-refractivity contribution in [2.45, 2.75) is 129 Å². The molecule has 1 aliphatic carbocycles. The van der Waals surface area contributed by atoms with Gasteiger partial charge in [-0.25, -0.2) is 9.59 Å². The Bertz CT molecular complexity index is 1660. The maximum atomic E-state index is 14.1. The van der Waals surface area contributed by atoms with Crippen LogP contribution in [0.3, 0.4) is 0 Å². The Morgan fingerprint density at radius 1 is 0.820 bits per heavy atom. The number of esters is 2. The zero-order valence-corrected chi connectivity index (χ0v) is 30.7. The van der Waals surface area contributed by atoms with E-state index in [2.05, 4.69) is 16.0 Å². The quantitative estimate of drug-likeness (QED) is 0.240. The smallest absolute Gasteiger partial charge is 0.332 e. The molecule has 50 heavy (non-hydrogen) atoms. The minimum Gasteiger partial charge on any atom is -0.479 e. The standard InChI is InChI=1S/C38H52N4O8/c1-21-31(43)40-27-18-25(13-15-29(27)47-21)38(39,34(46)50-36(6,7)8)20-23-11-10-12-24(17-23)37(9,33(45)49-35(3,4)5)42-26-14-16-30-28(19-26)41-32(44)22(2)48-30/h13-16,18-19,21-24,42H,10-12,17,20,39H2,1-9H3,(H,40,43)(H,41,44). The molecule has 2 amide bonds. The van der Waals surface area contributed by atoms with Gasteiger partial charge in [0.05, 0.1) is 11.4 Å². The molecule has 12 heteroatoms. The zero-order valence-electron chi connectivity index (χ0n) is 30.7. The van der Waals surface area contributed by atoms with E-state index in [9.17, 15) is 19.2 Å². The minimum atomic E-state index is -1.56. The van der Waals surface area contributed by atoms with E-state index in [1.807, 2.05) is 33.8 Å². The molecule has 0 bridgehead atoms. The highest BCUT2D eigenvalue weighted by Crippen LogP contribution is 2.45. The number of fused-ring (bicyclic) bond motifs is 2. The lowest BCUT2D eigenvalue weighted by Crippen LogP contribution is -2.55. The monoisotopic (exact) mass is 692 g/mol. The lowest BCUT2D eigenvalue weighted by Gasteiger charge is -2.44. The minimum absolute atomic E-state index is 0.0746. The van der Waals surface area contributed by atoms with E-state index < -0.39 is 46.4 Å². The summed E-state index contributed by atoms with van der Waals surface area (Å²) in [4.78, 5) is 52.9. The predicted molar refractivity (Wildman–Crippen MR) is 190 cm³/mol. The van der Waals surface area contributed by atoms with Gasteiger partial charge in [0, 0.05) is 5.69 Å². The van der Waals surface area contributed by atoms with Crippen LogP contribution in [0.4, 0.5) is 17.1 Å². The molecule has 2 heterocycles. The molecule has 2 aliphatic heterocycles. The van der Waals surface area contributed by atoms with E-state index >= 15 is 0 Å². The van der Waals surface area contributed by atoms with Crippen LogP contribution in [0.5, 0.6) is 11.5 Å². The average molecular weight is 693 g/mol. The van der Waals surface area contributed by atoms with Crippen LogP contribution in [-0.4, -0.2) is 52.7 Å². The molecule has 5 N–H and O–H groups in total. The number of hydrogen-bond acceptors (Lipinski definition) is 10. The zero-order chi connectivity index (χ0) is 36.8. The number of anilines is 3. The molecule has 12 nitrogen and oxygen atoms in total. The molecule has 5 rings (SSSR count). The summed E-state index contributed by atoms with van der Waals surface area (Å²) in [5.74, 6) is -0.777. The number of carbonyl (C=O) groups is 4. The first-order valence-corrected chi connectivity index (χ1v) is 17.4. The molecule has 1 fully saturated rings. The van der Waals surface area contributed by atoms with Gasteiger partial charge >= 0.3 is 11.9 Å². The van der Waals surface area contributed by atoms with Crippen molar-refractivity contribution in [1.29, 1.82) is 0 Å². The molecular formula is C38H52N4O8. The second kappa shape index (κ2) is 13.4. The van der Waals surface area contributed by atoms with Crippen LogP contribution < -0.4 is 31.2 Å². The van der Waals surface area contributed by atoms with Gasteiger partial charge in [-0.15, -0.1) is 0 Å². The third kappa shape index (κ3) is 8.01. The van der Waals surface area contributed by atoms with Gasteiger partial charge in [0.15, 0.2) is 12.2 Å². The van der Waals surface area contributed by atoms with Crippen molar-refractivity contribution < 1.29 is 38.1 Å². The maximum absolute atomic E-state index is 14.1. The fourth-order valence-electron chi connectivity index (χ4n) is 6.92. The van der Waals surface area contributed by atoms with E-state index in [1.165, 1.54) is 0 Å². The summed E-state index contributed by atoms with van der Waals surface area (Å²) in [6.45, 7) is 16.1. The Kier molecular flexibility index (Phi) is 9.92. The molecule has 6 atom stereocenters. The third-order valence-electron chi connectivity index (χ3n) is 9.54. The first kappa shape index (κ1) is 36.9. The highest BCUT2D eigenvalue weighted by molar-refractivity contribution is 5.99. The van der Waals surface area contributed by atoms with Gasteiger partial charge in [-0.05, 0) is 129 Å². The summed E-state index contributed by atoms with van der Waals surface area (Å²) in [5, 5.41) is 9.20. The van der Waals surface area contributed by atoms with E-state index in [0.717, 1.165) is 19.3 Å². The molecule has 0 saturated heterocycles. The Morgan fingerprint density at radius 3 is 1.94 bits per heavy atom. The van der Waals surface area contributed by atoms with Gasteiger partial charge < -0.3 is 40.6 Å². The number of hydrogen-bond donors (Lipinski definition) is 4. The summed E-state index contributed by atoms with van der Waals surface area (Å²) in [6, 6.07) is 10.5. The number of nitrogens with two attached hydrogens (primary N) is 1. The Morgan fingerprint density at radius 2 is 1.36 bits per heavy atom. The predicted octanol–water partition coefficient (Wildman–Crippen LogP) is 6.03. The van der Waals surface area contributed by atoms with E-state index in [1.54, 1.807) is 65.0 Å². The number of carbonyl (C=O) groups excluding carboxylic acids is 4. The first-order chi connectivity index (χ1) is 23.2. The molecule has 3 aliphatic rings. The molecule has 2 aromatic carbocycles. The van der Waals surface area contributed by atoms with Crippen LogP contribution in [0.15, 0.2) is 36.4 Å². The number of nitrogens with one attached hydrogen (secondary N) is 3. The Labute approximate surface area is 294 Å².